The van der Waals surface area contributed by atoms with Crippen LogP contribution in [0.1, 0.15) is 0 Å². The van der Waals surface area contributed by atoms with Gasteiger partial charge in [0.25, 0.3) is 0 Å². The van der Waals surface area contributed by atoms with Crippen molar-refractivity contribution in [2.24, 2.45) is 0 Å². The molecular formula is C16H17N5O3S. The van der Waals surface area contributed by atoms with Gasteiger partial charge in [0.15, 0.2) is 9.84 Å². The van der Waals surface area contributed by atoms with Crippen LogP contribution in [0.3, 0.4) is 0 Å². The zero-order valence-corrected chi connectivity index (χ0v) is 14.3. The van der Waals surface area contributed by atoms with Gasteiger partial charge in [-0.2, -0.15) is 4.80 Å². The number of aromatic nitrogens is 4. The molecule has 2 aromatic carbocycles. The van der Waals surface area contributed by atoms with Gasteiger partial charge in [0.2, 0.25) is 5.82 Å². The summed E-state index contributed by atoms with van der Waals surface area (Å²) in [6.45, 7) is 0.206. The van der Waals surface area contributed by atoms with Gasteiger partial charge in [-0.1, -0.05) is 12.1 Å². The van der Waals surface area contributed by atoms with Crippen molar-refractivity contribution in [3.05, 3.63) is 48.5 Å². The molecule has 0 aliphatic heterocycles. The molecule has 0 radical (unpaired) electrons. The van der Waals surface area contributed by atoms with Crippen LogP contribution < -0.4 is 5.32 Å². The fourth-order valence-electron chi connectivity index (χ4n) is 2.26. The van der Waals surface area contributed by atoms with Gasteiger partial charge in [-0.25, -0.2) is 8.42 Å². The molecule has 0 amide bonds. The summed E-state index contributed by atoms with van der Waals surface area (Å²) in [6, 6.07) is 14.0. The highest BCUT2D eigenvalue weighted by Gasteiger charge is 2.11. The zero-order valence-electron chi connectivity index (χ0n) is 13.5. The first-order valence-corrected chi connectivity index (χ1v) is 9.42. The summed E-state index contributed by atoms with van der Waals surface area (Å²) in [7, 11) is -3.23. The molecule has 0 unspecified atom stereocenters. The third-order valence-electron chi connectivity index (χ3n) is 3.48. The van der Waals surface area contributed by atoms with E-state index in [4.69, 9.17) is 5.11 Å². The Hall–Kier alpha value is -2.78. The number of sulfone groups is 1. The van der Waals surface area contributed by atoms with Gasteiger partial charge in [0.1, 0.15) is 0 Å². The van der Waals surface area contributed by atoms with Gasteiger partial charge in [-0.15, -0.1) is 10.2 Å². The van der Waals surface area contributed by atoms with Crippen LogP contribution in [0.15, 0.2) is 53.4 Å². The molecule has 3 rings (SSSR count). The van der Waals surface area contributed by atoms with E-state index in [1.54, 1.807) is 24.3 Å². The maximum Gasteiger partial charge on any atom is 0.207 e. The fourth-order valence-corrected chi connectivity index (χ4v) is 2.89. The number of nitrogens with zero attached hydrogens (tertiary/aromatic N) is 4. The summed E-state index contributed by atoms with van der Waals surface area (Å²) in [5.41, 5.74) is 2.25. The van der Waals surface area contributed by atoms with E-state index in [0.717, 1.165) is 16.9 Å². The number of para-hydroxylation sites is 1. The Morgan fingerprint density at radius 1 is 1.12 bits per heavy atom. The summed E-state index contributed by atoms with van der Waals surface area (Å²) >= 11 is 0. The first-order chi connectivity index (χ1) is 12.0. The molecule has 3 aromatic rings. The molecule has 130 valence electrons. The van der Waals surface area contributed by atoms with Gasteiger partial charge in [-0.05, 0) is 41.6 Å². The number of rotatable bonds is 6. The lowest BCUT2D eigenvalue weighted by Crippen LogP contribution is -2.05. The highest BCUT2D eigenvalue weighted by molar-refractivity contribution is 7.90. The highest BCUT2D eigenvalue weighted by Crippen LogP contribution is 2.28. The first-order valence-electron chi connectivity index (χ1n) is 7.52. The smallest absolute Gasteiger partial charge is 0.207 e. The number of anilines is 2. The topological polar surface area (TPSA) is 110 Å². The average Bonchev–Trinajstić information content (AvgIpc) is 3.04. The molecule has 0 saturated heterocycles. The zero-order chi connectivity index (χ0) is 17.9. The SMILES string of the molecule is CS(=O)(=O)c1ccc(Nc2ccccc2-c2nnn(CCO)n2)cc1. The Morgan fingerprint density at radius 3 is 2.52 bits per heavy atom. The van der Waals surface area contributed by atoms with Crippen LogP contribution >= 0.6 is 0 Å². The molecule has 2 N–H and O–H groups in total. The Bertz CT molecular complexity index is 967. The minimum Gasteiger partial charge on any atom is -0.394 e. The molecule has 0 saturated carbocycles. The predicted octanol–water partition coefficient (Wildman–Crippen LogP) is 1.48. The van der Waals surface area contributed by atoms with Gasteiger partial charge in [0.05, 0.1) is 18.0 Å². The number of aliphatic hydroxyl groups is 1. The van der Waals surface area contributed by atoms with Crippen molar-refractivity contribution in [1.29, 1.82) is 0 Å². The molecule has 1 aromatic heterocycles. The van der Waals surface area contributed by atoms with Gasteiger partial charge in [0, 0.05) is 23.2 Å². The largest absolute Gasteiger partial charge is 0.394 e. The van der Waals surface area contributed by atoms with Crippen LogP contribution in [0.25, 0.3) is 11.4 Å². The maximum atomic E-state index is 11.5. The van der Waals surface area contributed by atoms with Crippen molar-refractivity contribution in [2.75, 3.05) is 18.2 Å². The second-order valence-corrected chi connectivity index (χ2v) is 7.42. The molecule has 0 atom stereocenters. The summed E-state index contributed by atoms with van der Waals surface area (Å²) in [5.74, 6) is 0.435. The normalized spacial score (nSPS) is 11.4. The van der Waals surface area contributed by atoms with Crippen LogP contribution in [0.5, 0.6) is 0 Å². The van der Waals surface area contributed by atoms with Gasteiger partial charge >= 0.3 is 0 Å². The van der Waals surface area contributed by atoms with E-state index in [1.165, 1.54) is 11.1 Å². The van der Waals surface area contributed by atoms with E-state index >= 15 is 0 Å². The van der Waals surface area contributed by atoms with Crippen LogP contribution in [-0.2, 0) is 16.4 Å². The lowest BCUT2D eigenvalue weighted by Gasteiger charge is -2.10. The Balaban J connectivity index is 1.88. The van der Waals surface area contributed by atoms with Crippen molar-refractivity contribution in [3.63, 3.8) is 0 Å². The van der Waals surface area contributed by atoms with E-state index in [2.05, 4.69) is 20.7 Å². The molecule has 8 nitrogen and oxygen atoms in total. The number of hydrogen-bond acceptors (Lipinski definition) is 7. The molecule has 0 bridgehead atoms. The van der Waals surface area contributed by atoms with Gasteiger partial charge < -0.3 is 10.4 Å². The second kappa shape index (κ2) is 6.99. The minimum absolute atomic E-state index is 0.0671. The maximum absolute atomic E-state index is 11.5. The molecule has 1 heterocycles. The number of hydrogen-bond donors (Lipinski definition) is 2. The van der Waals surface area contributed by atoms with E-state index in [1.807, 2.05) is 24.3 Å². The van der Waals surface area contributed by atoms with Crippen molar-refractivity contribution in [1.82, 2.24) is 20.2 Å². The Morgan fingerprint density at radius 2 is 1.84 bits per heavy atom. The monoisotopic (exact) mass is 359 g/mol. The summed E-state index contributed by atoms with van der Waals surface area (Å²) in [4.78, 5) is 1.59. The van der Waals surface area contributed by atoms with Crippen molar-refractivity contribution >= 4 is 21.2 Å². The molecule has 0 aliphatic rings. The minimum atomic E-state index is -3.23. The summed E-state index contributed by atoms with van der Waals surface area (Å²) in [6.07, 6.45) is 1.17. The van der Waals surface area contributed by atoms with Crippen molar-refractivity contribution in [3.8, 4) is 11.4 Å². The van der Waals surface area contributed by atoms with Crippen LogP contribution in [0.2, 0.25) is 0 Å². The first kappa shape index (κ1) is 17.1. The Kier molecular flexibility index (Phi) is 4.77. The average molecular weight is 359 g/mol. The lowest BCUT2D eigenvalue weighted by atomic mass is 10.1. The fraction of sp³-hybridized carbons (Fsp3) is 0.188. The third-order valence-corrected chi connectivity index (χ3v) is 4.61. The molecule has 0 spiro atoms. The standard InChI is InChI=1S/C16H17N5O3S/c1-25(23,24)13-8-6-12(7-9-13)17-15-5-3-2-4-14(15)16-18-20-21(19-16)10-11-22/h2-9,17,22H,10-11H2,1H3. The molecule has 0 aliphatic carbocycles. The van der Waals surface area contributed by atoms with E-state index < -0.39 is 9.84 Å². The number of aliphatic hydroxyl groups excluding tert-OH is 1. The van der Waals surface area contributed by atoms with Gasteiger partial charge in [-0.3, -0.25) is 0 Å². The number of benzene rings is 2. The predicted molar refractivity (Wildman–Crippen MR) is 93.2 cm³/mol. The molecule has 9 heteroatoms. The second-order valence-electron chi connectivity index (χ2n) is 5.40. The van der Waals surface area contributed by atoms with E-state index in [9.17, 15) is 8.42 Å². The van der Waals surface area contributed by atoms with Crippen LogP contribution in [0.4, 0.5) is 11.4 Å². The van der Waals surface area contributed by atoms with Crippen molar-refractivity contribution < 1.29 is 13.5 Å². The quantitative estimate of drug-likeness (QED) is 0.686. The molecule has 0 fully saturated rings. The Labute approximate surface area is 145 Å². The number of tetrazole rings is 1. The van der Waals surface area contributed by atoms with E-state index in [0.29, 0.717) is 5.82 Å². The van der Waals surface area contributed by atoms with E-state index in [-0.39, 0.29) is 18.0 Å². The summed E-state index contributed by atoms with van der Waals surface area (Å²) in [5, 5.41) is 24.3. The van der Waals surface area contributed by atoms with Crippen molar-refractivity contribution in [2.45, 2.75) is 11.4 Å². The lowest BCUT2D eigenvalue weighted by molar-refractivity contribution is 0.259. The summed E-state index contributed by atoms with van der Waals surface area (Å²) < 4.78 is 23.1. The van der Waals surface area contributed by atoms with Crippen LogP contribution in [0, 0.1) is 0 Å². The number of nitrogens with one attached hydrogen (secondary N) is 1. The highest BCUT2D eigenvalue weighted by atomic mass is 32.2. The third kappa shape index (κ3) is 4.01. The molecular weight excluding hydrogens is 342 g/mol. The van der Waals surface area contributed by atoms with Crippen LogP contribution in [-0.4, -0.2) is 46.6 Å². The molecule has 25 heavy (non-hydrogen) atoms.